The van der Waals surface area contributed by atoms with Crippen molar-refractivity contribution in [2.75, 3.05) is 39.3 Å². The Morgan fingerprint density at radius 3 is 2.72 bits per heavy atom. The molecule has 1 saturated heterocycles. The van der Waals surface area contributed by atoms with E-state index >= 15 is 0 Å². The molecule has 1 fully saturated rings. The van der Waals surface area contributed by atoms with Gasteiger partial charge in [0, 0.05) is 19.6 Å². The highest BCUT2D eigenvalue weighted by Crippen LogP contribution is 2.10. The number of nitrogens with one attached hydrogen (secondary N) is 1. The van der Waals surface area contributed by atoms with Crippen molar-refractivity contribution in [1.82, 2.24) is 10.2 Å². The molecular formula is C13H20ClFN2O. The minimum atomic E-state index is -0.226. The van der Waals surface area contributed by atoms with E-state index in [0.717, 1.165) is 38.5 Å². The molecule has 0 aliphatic carbocycles. The fraction of sp³-hybridized carbons (Fsp3) is 0.538. The maximum Gasteiger partial charge on any atom is 0.123 e. The standard InChI is InChI=1S/C13H19FN2O.ClH/c14-12-2-4-13(5-3-12)17-11-10-16-8-1-6-15-7-9-16;/h2-5,15H,1,6-11H2;1H. The predicted molar refractivity (Wildman–Crippen MR) is 73.1 cm³/mol. The van der Waals surface area contributed by atoms with Crippen molar-refractivity contribution < 1.29 is 9.13 Å². The van der Waals surface area contributed by atoms with E-state index in [2.05, 4.69) is 10.2 Å². The molecule has 3 nitrogen and oxygen atoms in total. The van der Waals surface area contributed by atoms with Crippen LogP contribution in [-0.2, 0) is 0 Å². The lowest BCUT2D eigenvalue weighted by molar-refractivity contribution is 0.217. The number of ether oxygens (including phenoxy) is 1. The summed E-state index contributed by atoms with van der Waals surface area (Å²) in [5.74, 6) is 0.510. The maximum atomic E-state index is 12.7. The lowest BCUT2D eigenvalue weighted by atomic mass is 10.3. The van der Waals surface area contributed by atoms with Gasteiger partial charge in [-0.2, -0.15) is 0 Å². The molecule has 1 aromatic carbocycles. The second-order valence-corrected chi connectivity index (χ2v) is 4.25. The monoisotopic (exact) mass is 274 g/mol. The van der Waals surface area contributed by atoms with Gasteiger partial charge in [0.2, 0.25) is 0 Å². The largest absolute Gasteiger partial charge is 0.492 e. The van der Waals surface area contributed by atoms with E-state index in [4.69, 9.17) is 4.74 Å². The van der Waals surface area contributed by atoms with Gasteiger partial charge in [-0.1, -0.05) is 0 Å². The lowest BCUT2D eigenvalue weighted by Crippen LogP contribution is -2.31. The van der Waals surface area contributed by atoms with Gasteiger partial charge in [0.1, 0.15) is 18.2 Å². The molecule has 2 rings (SSSR count). The van der Waals surface area contributed by atoms with E-state index in [9.17, 15) is 4.39 Å². The van der Waals surface area contributed by atoms with E-state index in [0.29, 0.717) is 6.61 Å². The molecule has 0 amide bonds. The molecule has 0 saturated carbocycles. The number of hydrogen-bond donors (Lipinski definition) is 1. The van der Waals surface area contributed by atoms with Crippen LogP contribution in [0.3, 0.4) is 0 Å². The molecule has 0 bridgehead atoms. The normalized spacial score (nSPS) is 16.7. The maximum absolute atomic E-state index is 12.7. The first-order valence-corrected chi connectivity index (χ1v) is 6.16. The van der Waals surface area contributed by atoms with Gasteiger partial charge in [-0.15, -0.1) is 12.4 Å². The summed E-state index contributed by atoms with van der Waals surface area (Å²) in [6, 6.07) is 6.18. The highest BCUT2D eigenvalue weighted by Gasteiger charge is 2.07. The molecule has 0 spiro atoms. The van der Waals surface area contributed by atoms with Crippen LogP contribution in [0.15, 0.2) is 24.3 Å². The molecule has 0 aromatic heterocycles. The zero-order valence-corrected chi connectivity index (χ0v) is 11.2. The third-order valence-corrected chi connectivity index (χ3v) is 2.92. The zero-order chi connectivity index (χ0) is 11.9. The smallest absolute Gasteiger partial charge is 0.123 e. The van der Waals surface area contributed by atoms with E-state index < -0.39 is 0 Å². The number of rotatable bonds is 4. The molecule has 1 N–H and O–H groups in total. The summed E-state index contributed by atoms with van der Waals surface area (Å²) >= 11 is 0. The lowest BCUT2D eigenvalue weighted by Gasteiger charge is -2.19. The fourth-order valence-corrected chi connectivity index (χ4v) is 1.95. The van der Waals surface area contributed by atoms with Crippen molar-refractivity contribution in [2.45, 2.75) is 6.42 Å². The van der Waals surface area contributed by atoms with Crippen molar-refractivity contribution in [3.8, 4) is 5.75 Å². The van der Waals surface area contributed by atoms with Gasteiger partial charge in [-0.25, -0.2) is 4.39 Å². The summed E-state index contributed by atoms with van der Waals surface area (Å²) < 4.78 is 18.2. The molecule has 1 aliphatic rings. The van der Waals surface area contributed by atoms with Gasteiger partial charge in [-0.3, -0.25) is 4.90 Å². The molecule has 0 atom stereocenters. The Balaban J connectivity index is 0.00000162. The molecule has 0 unspecified atom stereocenters. The van der Waals surface area contributed by atoms with E-state index in [-0.39, 0.29) is 18.2 Å². The average Bonchev–Trinajstić information content (AvgIpc) is 2.60. The first-order valence-electron chi connectivity index (χ1n) is 6.16. The van der Waals surface area contributed by atoms with Crippen molar-refractivity contribution in [2.24, 2.45) is 0 Å². The Morgan fingerprint density at radius 2 is 1.94 bits per heavy atom. The van der Waals surface area contributed by atoms with E-state index in [1.807, 2.05) is 0 Å². The highest BCUT2D eigenvalue weighted by atomic mass is 35.5. The second kappa shape index (κ2) is 8.29. The van der Waals surface area contributed by atoms with Gasteiger partial charge in [0.25, 0.3) is 0 Å². The van der Waals surface area contributed by atoms with Crippen LogP contribution in [0.2, 0.25) is 0 Å². The summed E-state index contributed by atoms with van der Waals surface area (Å²) in [4.78, 5) is 2.39. The van der Waals surface area contributed by atoms with E-state index in [1.54, 1.807) is 12.1 Å². The first-order chi connectivity index (χ1) is 8.34. The van der Waals surface area contributed by atoms with Crippen LogP contribution in [0.4, 0.5) is 4.39 Å². The zero-order valence-electron chi connectivity index (χ0n) is 10.4. The molecule has 0 radical (unpaired) electrons. The first kappa shape index (κ1) is 15.2. The van der Waals surface area contributed by atoms with Crippen LogP contribution in [0.5, 0.6) is 5.75 Å². The van der Waals surface area contributed by atoms with Crippen LogP contribution >= 0.6 is 12.4 Å². The molecule has 1 aliphatic heterocycles. The minimum absolute atomic E-state index is 0. The number of halogens is 2. The predicted octanol–water partition coefficient (Wildman–Crippen LogP) is 1.92. The summed E-state index contributed by atoms with van der Waals surface area (Å²) in [7, 11) is 0. The Labute approximate surface area is 114 Å². The molecule has 1 aromatic rings. The topological polar surface area (TPSA) is 24.5 Å². The Hall–Kier alpha value is -0.840. The van der Waals surface area contributed by atoms with Gasteiger partial charge in [-0.05, 0) is 43.8 Å². The van der Waals surface area contributed by atoms with Crippen LogP contribution < -0.4 is 10.1 Å². The van der Waals surface area contributed by atoms with Crippen molar-refractivity contribution in [3.63, 3.8) is 0 Å². The summed E-state index contributed by atoms with van der Waals surface area (Å²) in [5.41, 5.74) is 0. The Morgan fingerprint density at radius 1 is 1.17 bits per heavy atom. The van der Waals surface area contributed by atoms with Gasteiger partial charge >= 0.3 is 0 Å². The van der Waals surface area contributed by atoms with Crippen molar-refractivity contribution in [1.29, 1.82) is 0 Å². The van der Waals surface area contributed by atoms with Crippen molar-refractivity contribution >= 4 is 12.4 Å². The molecular weight excluding hydrogens is 255 g/mol. The van der Waals surface area contributed by atoms with Crippen LogP contribution in [0, 0.1) is 5.82 Å². The Bertz CT molecular complexity index is 326. The van der Waals surface area contributed by atoms with Crippen LogP contribution in [0.1, 0.15) is 6.42 Å². The fourth-order valence-electron chi connectivity index (χ4n) is 1.95. The summed E-state index contributed by atoms with van der Waals surface area (Å²) in [6.07, 6.45) is 1.19. The van der Waals surface area contributed by atoms with E-state index in [1.165, 1.54) is 18.6 Å². The summed E-state index contributed by atoms with van der Waals surface area (Å²) in [5, 5.41) is 3.37. The van der Waals surface area contributed by atoms with Crippen molar-refractivity contribution in [3.05, 3.63) is 30.1 Å². The second-order valence-electron chi connectivity index (χ2n) is 4.25. The molecule has 18 heavy (non-hydrogen) atoms. The van der Waals surface area contributed by atoms with Gasteiger partial charge in [0.05, 0.1) is 0 Å². The quantitative estimate of drug-likeness (QED) is 0.908. The van der Waals surface area contributed by atoms with Gasteiger partial charge < -0.3 is 10.1 Å². The van der Waals surface area contributed by atoms with Gasteiger partial charge in [0.15, 0.2) is 0 Å². The average molecular weight is 275 g/mol. The third kappa shape index (κ3) is 5.21. The van der Waals surface area contributed by atoms with Crippen LogP contribution in [-0.4, -0.2) is 44.2 Å². The molecule has 5 heteroatoms. The van der Waals surface area contributed by atoms with Crippen LogP contribution in [0.25, 0.3) is 0 Å². The third-order valence-electron chi connectivity index (χ3n) is 2.92. The number of benzene rings is 1. The molecule has 1 heterocycles. The summed E-state index contributed by atoms with van der Waals surface area (Å²) in [6.45, 7) is 5.95. The highest BCUT2D eigenvalue weighted by molar-refractivity contribution is 5.85. The SMILES string of the molecule is Cl.Fc1ccc(OCCN2CCCNCC2)cc1. The minimum Gasteiger partial charge on any atom is -0.492 e. The molecule has 102 valence electrons. The number of hydrogen-bond acceptors (Lipinski definition) is 3. The Kier molecular flexibility index (Phi) is 7.01. The number of nitrogens with zero attached hydrogens (tertiary/aromatic N) is 1.